The molecule has 24 heavy (non-hydrogen) atoms. The predicted molar refractivity (Wildman–Crippen MR) is 85.5 cm³/mol. The van der Waals surface area contributed by atoms with E-state index < -0.39 is 30.2 Å². The quantitative estimate of drug-likeness (QED) is 0.621. The number of carboxylic acid groups (broad SMARTS) is 1. The number of benzene rings is 1. The van der Waals surface area contributed by atoms with Gasteiger partial charge in [0.25, 0.3) is 5.91 Å². The minimum Gasteiger partial charge on any atom is -0.481 e. The predicted octanol–water partition coefficient (Wildman–Crippen LogP) is 0.0665. The number of para-hydroxylation sites is 1. The van der Waals surface area contributed by atoms with Crippen molar-refractivity contribution in [3.63, 3.8) is 0 Å². The molecule has 0 spiro atoms. The number of carbonyl (C=O) groups is 4. The molecule has 8 nitrogen and oxygen atoms in total. The number of aryl methyl sites for hydroxylation is 1. The first-order valence-corrected chi connectivity index (χ1v) is 7.21. The van der Waals surface area contributed by atoms with Gasteiger partial charge in [-0.25, -0.2) is 0 Å². The fraction of sp³-hybridized carbons (Fsp3) is 0.250. The Morgan fingerprint density at radius 3 is 2.62 bits per heavy atom. The number of hydrogen-bond acceptors (Lipinski definition) is 4. The molecule has 3 N–H and O–H groups in total. The molecule has 0 unspecified atom stereocenters. The lowest BCUT2D eigenvalue weighted by atomic mass is 10.2. The Labute approximate surface area is 137 Å². The molecule has 1 atom stereocenters. The summed E-state index contributed by atoms with van der Waals surface area (Å²) in [6, 6.07) is 8.06. The van der Waals surface area contributed by atoms with Gasteiger partial charge >= 0.3 is 5.97 Å². The molecule has 0 fully saturated rings. The van der Waals surface area contributed by atoms with Gasteiger partial charge in [0.2, 0.25) is 5.91 Å². The van der Waals surface area contributed by atoms with Crippen LogP contribution in [0.4, 0.5) is 0 Å². The van der Waals surface area contributed by atoms with Crippen LogP contribution in [0.25, 0.3) is 10.9 Å². The molecular formula is C16H17N3O5. The maximum Gasteiger partial charge on any atom is 0.305 e. The summed E-state index contributed by atoms with van der Waals surface area (Å²) in [5.41, 5.74) is 1.27. The van der Waals surface area contributed by atoms with Crippen LogP contribution in [0.5, 0.6) is 0 Å². The molecule has 2 rings (SSSR count). The molecule has 0 radical (unpaired) electrons. The molecule has 1 aromatic carbocycles. The Morgan fingerprint density at radius 2 is 2.00 bits per heavy atom. The first-order chi connectivity index (χ1) is 11.4. The number of nitrogens with one attached hydrogen (secondary N) is 2. The lowest BCUT2D eigenvalue weighted by molar-refractivity contribution is -0.138. The number of nitrogens with zero attached hydrogens (tertiary/aromatic N) is 1. The van der Waals surface area contributed by atoms with Crippen molar-refractivity contribution < 1.29 is 24.3 Å². The third-order valence-electron chi connectivity index (χ3n) is 3.50. The molecule has 0 bridgehead atoms. The van der Waals surface area contributed by atoms with Crippen LogP contribution in [0.1, 0.15) is 16.9 Å². The van der Waals surface area contributed by atoms with E-state index in [-0.39, 0.29) is 6.54 Å². The van der Waals surface area contributed by atoms with Crippen LogP contribution in [0, 0.1) is 0 Å². The van der Waals surface area contributed by atoms with Gasteiger partial charge in [0.1, 0.15) is 12.0 Å². The topological polar surface area (TPSA) is 118 Å². The Kier molecular flexibility index (Phi) is 5.31. The number of fused-ring (bicyclic) bond motifs is 1. The van der Waals surface area contributed by atoms with Gasteiger partial charge < -0.3 is 25.1 Å². The fourth-order valence-electron chi connectivity index (χ4n) is 2.34. The van der Waals surface area contributed by atoms with Crippen LogP contribution in [-0.4, -0.2) is 46.3 Å². The largest absolute Gasteiger partial charge is 0.481 e. The molecule has 0 aliphatic rings. The number of carboxylic acids is 1. The van der Waals surface area contributed by atoms with Gasteiger partial charge in [0, 0.05) is 18.0 Å². The molecule has 1 aromatic heterocycles. The number of rotatable bonds is 7. The molecular weight excluding hydrogens is 314 g/mol. The van der Waals surface area contributed by atoms with Crippen LogP contribution >= 0.6 is 0 Å². The summed E-state index contributed by atoms with van der Waals surface area (Å²) >= 11 is 0. The number of aromatic nitrogens is 1. The smallest absolute Gasteiger partial charge is 0.305 e. The number of aldehydes is 1. The monoisotopic (exact) mass is 331 g/mol. The van der Waals surface area contributed by atoms with Crippen LogP contribution in [0.2, 0.25) is 0 Å². The zero-order valence-corrected chi connectivity index (χ0v) is 13.0. The number of aliphatic carboxylic acids is 1. The van der Waals surface area contributed by atoms with Crippen molar-refractivity contribution in [2.45, 2.75) is 12.5 Å². The highest BCUT2D eigenvalue weighted by Gasteiger charge is 2.17. The van der Waals surface area contributed by atoms with Gasteiger partial charge in [-0.1, -0.05) is 18.2 Å². The van der Waals surface area contributed by atoms with Gasteiger partial charge in [-0.15, -0.1) is 0 Å². The average Bonchev–Trinajstić information content (AvgIpc) is 2.89. The second-order valence-corrected chi connectivity index (χ2v) is 5.24. The molecule has 0 saturated carbocycles. The molecule has 8 heteroatoms. The van der Waals surface area contributed by atoms with Crippen molar-refractivity contribution in [3.05, 3.63) is 36.0 Å². The molecule has 126 valence electrons. The van der Waals surface area contributed by atoms with E-state index in [0.717, 1.165) is 10.9 Å². The summed E-state index contributed by atoms with van der Waals surface area (Å²) in [5.74, 6) is -2.28. The minimum atomic E-state index is -1.20. The Balaban J connectivity index is 1.96. The van der Waals surface area contributed by atoms with Gasteiger partial charge in [0.05, 0.1) is 19.0 Å². The normalized spacial score (nSPS) is 11.7. The zero-order valence-electron chi connectivity index (χ0n) is 13.0. The fourth-order valence-corrected chi connectivity index (χ4v) is 2.34. The van der Waals surface area contributed by atoms with Crippen LogP contribution in [0.15, 0.2) is 30.3 Å². The lowest BCUT2D eigenvalue weighted by Gasteiger charge is -2.11. The Morgan fingerprint density at radius 1 is 1.29 bits per heavy atom. The standard InChI is InChI=1S/C16H17N3O5/c1-19-12-5-3-2-4-10(12)6-13(19)16(24)17-8-14(21)18-11(9-20)7-15(22)23/h2-6,9,11H,7-8H2,1H3,(H,17,24)(H,18,21)(H,22,23)/t11-/m0/s1. The highest BCUT2D eigenvalue weighted by Crippen LogP contribution is 2.17. The van der Waals surface area contributed by atoms with E-state index in [9.17, 15) is 19.2 Å². The Hall–Kier alpha value is -3.16. The minimum absolute atomic E-state index is 0.345. The van der Waals surface area contributed by atoms with Crippen LogP contribution in [0.3, 0.4) is 0 Å². The van der Waals surface area contributed by atoms with Crippen molar-refractivity contribution in [2.24, 2.45) is 7.05 Å². The van der Waals surface area contributed by atoms with Gasteiger partial charge in [-0.3, -0.25) is 14.4 Å². The third-order valence-corrected chi connectivity index (χ3v) is 3.50. The van der Waals surface area contributed by atoms with E-state index >= 15 is 0 Å². The lowest BCUT2D eigenvalue weighted by Crippen LogP contribution is -2.43. The molecule has 0 aliphatic heterocycles. The summed E-state index contributed by atoms with van der Waals surface area (Å²) < 4.78 is 1.71. The van der Waals surface area contributed by atoms with Crippen molar-refractivity contribution in [3.8, 4) is 0 Å². The zero-order chi connectivity index (χ0) is 17.7. The van der Waals surface area contributed by atoms with E-state index in [1.807, 2.05) is 24.3 Å². The van der Waals surface area contributed by atoms with Crippen LogP contribution < -0.4 is 10.6 Å². The van der Waals surface area contributed by atoms with E-state index in [1.165, 1.54) is 0 Å². The number of carbonyl (C=O) groups excluding carboxylic acids is 3. The third kappa shape index (κ3) is 3.97. The molecule has 2 aromatic rings. The van der Waals surface area contributed by atoms with E-state index in [0.29, 0.717) is 12.0 Å². The van der Waals surface area contributed by atoms with Crippen molar-refractivity contribution in [2.75, 3.05) is 6.54 Å². The summed E-state index contributed by atoms with van der Waals surface area (Å²) in [6.45, 7) is -0.357. The average molecular weight is 331 g/mol. The maximum atomic E-state index is 12.2. The SMILES string of the molecule is Cn1c(C(=O)NCC(=O)N[C@H](C=O)CC(=O)O)cc2ccccc21. The number of hydrogen-bond donors (Lipinski definition) is 3. The van der Waals surface area contributed by atoms with Gasteiger partial charge in [-0.2, -0.15) is 0 Å². The molecule has 0 aliphatic carbocycles. The van der Waals surface area contributed by atoms with E-state index in [4.69, 9.17) is 5.11 Å². The van der Waals surface area contributed by atoms with E-state index in [2.05, 4.69) is 10.6 Å². The van der Waals surface area contributed by atoms with Crippen LogP contribution in [-0.2, 0) is 21.4 Å². The van der Waals surface area contributed by atoms with E-state index in [1.54, 1.807) is 17.7 Å². The first kappa shape index (κ1) is 17.2. The molecule has 2 amide bonds. The summed E-state index contributed by atoms with van der Waals surface area (Å²) in [5, 5.41) is 14.2. The highest BCUT2D eigenvalue weighted by molar-refractivity contribution is 6.00. The second-order valence-electron chi connectivity index (χ2n) is 5.24. The summed E-state index contributed by atoms with van der Waals surface area (Å²) in [7, 11) is 1.74. The maximum absolute atomic E-state index is 12.2. The van der Waals surface area contributed by atoms with Gasteiger partial charge in [-0.05, 0) is 12.1 Å². The molecule has 0 saturated heterocycles. The van der Waals surface area contributed by atoms with Crippen molar-refractivity contribution in [1.82, 2.24) is 15.2 Å². The van der Waals surface area contributed by atoms with Crippen molar-refractivity contribution in [1.29, 1.82) is 0 Å². The Bertz CT molecular complexity index is 796. The summed E-state index contributed by atoms with van der Waals surface area (Å²) in [6.07, 6.45) is -0.163. The van der Waals surface area contributed by atoms with Gasteiger partial charge in [0.15, 0.2) is 0 Å². The molecule has 1 heterocycles. The van der Waals surface area contributed by atoms with Crippen molar-refractivity contribution >= 4 is 35.0 Å². The highest BCUT2D eigenvalue weighted by atomic mass is 16.4. The number of amides is 2. The second kappa shape index (κ2) is 7.40. The first-order valence-electron chi connectivity index (χ1n) is 7.21. The summed E-state index contributed by atoms with van der Waals surface area (Å²) in [4.78, 5) is 45.2.